The van der Waals surface area contributed by atoms with Gasteiger partial charge < -0.3 is 25.2 Å². The number of nitrogens with one attached hydrogen (secondary N) is 2. The van der Waals surface area contributed by atoms with Gasteiger partial charge in [-0.1, -0.05) is 60.1 Å². The van der Waals surface area contributed by atoms with Crippen LogP contribution < -0.4 is 15.5 Å². The van der Waals surface area contributed by atoms with Crippen molar-refractivity contribution in [1.82, 2.24) is 15.5 Å². The van der Waals surface area contributed by atoms with E-state index in [4.69, 9.17) is 16.3 Å². The monoisotopic (exact) mass is 498 g/mol. The third kappa shape index (κ3) is 8.60. The number of halogens is 1. The van der Waals surface area contributed by atoms with Gasteiger partial charge in [-0.15, -0.1) is 6.58 Å². The van der Waals surface area contributed by atoms with Gasteiger partial charge in [0, 0.05) is 32.7 Å². The normalized spacial score (nSPS) is 14.3. The van der Waals surface area contributed by atoms with Gasteiger partial charge in [-0.2, -0.15) is 0 Å². The molecule has 35 heavy (non-hydrogen) atoms. The quantitative estimate of drug-likeness (QED) is 0.338. The van der Waals surface area contributed by atoms with E-state index in [1.165, 1.54) is 0 Å². The largest absolute Gasteiger partial charge is 0.445 e. The van der Waals surface area contributed by atoms with Gasteiger partial charge >= 0.3 is 6.09 Å². The Labute approximate surface area is 213 Å². The second-order valence-electron chi connectivity index (χ2n) is 8.51. The third-order valence-corrected chi connectivity index (χ3v) is 6.29. The summed E-state index contributed by atoms with van der Waals surface area (Å²) in [5.74, 6) is -0.0699. The van der Waals surface area contributed by atoms with E-state index in [-0.39, 0.29) is 12.5 Å². The fourth-order valence-corrected chi connectivity index (χ4v) is 4.32. The number of anilines is 1. The van der Waals surface area contributed by atoms with Crippen LogP contribution in [0.2, 0.25) is 5.02 Å². The second kappa shape index (κ2) is 14.4. The first-order valence-electron chi connectivity index (χ1n) is 12.2. The van der Waals surface area contributed by atoms with Gasteiger partial charge in [0.25, 0.3) is 0 Å². The SMILES string of the molecule is C=CCNCCCC[C@H](NC(=O)OCc1ccccc1)C(=O)N1CCN(c2ccccc2Cl)CC1. The Bertz CT molecular complexity index is 948. The molecule has 2 amide bonds. The molecule has 1 aliphatic rings. The predicted octanol–water partition coefficient (Wildman–Crippen LogP) is 4.23. The average molecular weight is 499 g/mol. The van der Waals surface area contributed by atoms with E-state index in [9.17, 15) is 9.59 Å². The molecule has 188 valence electrons. The molecule has 1 fully saturated rings. The lowest BCUT2D eigenvalue weighted by Crippen LogP contribution is -2.55. The highest BCUT2D eigenvalue weighted by atomic mass is 35.5. The summed E-state index contributed by atoms with van der Waals surface area (Å²) in [5, 5.41) is 6.79. The summed E-state index contributed by atoms with van der Waals surface area (Å²) in [7, 11) is 0. The van der Waals surface area contributed by atoms with Crippen LogP contribution in [-0.2, 0) is 16.1 Å². The molecule has 1 saturated heterocycles. The van der Waals surface area contributed by atoms with Crippen LogP contribution in [0.25, 0.3) is 0 Å². The Morgan fingerprint density at radius 1 is 1.03 bits per heavy atom. The molecule has 0 unspecified atom stereocenters. The number of hydrogen-bond donors (Lipinski definition) is 2. The highest BCUT2D eigenvalue weighted by Gasteiger charge is 2.29. The molecule has 8 heteroatoms. The summed E-state index contributed by atoms with van der Waals surface area (Å²) in [5.41, 5.74) is 1.88. The summed E-state index contributed by atoms with van der Waals surface area (Å²) >= 11 is 6.35. The van der Waals surface area contributed by atoms with Crippen molar-refractivity contribution in [3.63, 3.8) is 0 Å². The minimum atomic E-state index is -0.621. The molecule has 2 N–H and O–H groups in total. The lowest BCUT2D eigenvalue weighted by molar-refractivity contribution is -0.133. The van der Waals surface area contributed by atoms with E-state index >= 15 is 0 Å². The summed E-state index contributed by atoms with van der Waals surface area (Å²) in [6, 6.07) is 16.6. The number of amides is 2. The smallest absolute Gasteiger partial charge is 0.408 e. The molecule has 0 aliphatic carbocycles. The van der Waals surface area contributed by atoms with E-state index in [1.807, 2.05) is 65.6 Å². The van der Waals surface area contributed by atoms with Gasteiger partial charge in [0.2, 0.25) is 5.91 Å². The first kappa shape index (κ1) is 26.6. The van der Waals surface area contributed by atoms with Crippen LogP contribution in [0.15, 0.2) is 67.3 Å². The first-order chi connectivity index (χ1) is 17.1. The van der Waals surface area contributed by atoms with Crippen LogP contribution in [-0.4, -0.2) is 62.2 Å². The number of alkyl carbamates (subject to hydrolysis) is 1. The molecule has 1 aliphatic heterocycles. The fraction of sp³-hybridized carbons (Fsp3) is 0.407. The van der Waals surface area contributed by atoms with Crippen molar-refractivity contribution in [2.75, 3.05) is 44.2 Å². The van der Waals surface area contributed by atoms with Crippen molar-refractivity contribution in [2.45, 2.75) is 31.9 Å². The number of ether oxygens (including phenoxy) is 1. The van der Waals surface area contributed by atoms with Gasteiger partial charge in [-0.3, -0.25) is 4.79 Å². The topological polar surface area (TPSA) is 73.9 Å². The molecule has 0 radical (unpaired) electrons. The standard InChI is InChI=1S/C27H35ClN4O3/c1-2-15-29-16-9-8-13-24(30-27(34)35-21-22-10-4-3-5-11-22)26(33)32-19-17-31(18-20-32)25-14-7-6-12-23(25)28/h2-7,10-12,14,24,29H,1,8-9,13,15-21H2,(H,30,34)/t24-/m0/s1. The van der Waals surface area contributed by atoms with E-state index < -0.39 is 12.1 Å². The number of carbonyl (C=O) groups is 2. The number of carbonyl (C=O) groups excluding carboxylic acids is 2. The molecule has 0 spiro atoms. The zero-order valence-electron chi connectivity index (χ0n) is 20.1. The van der Waals surface area contributed by atoms with Gasteiger partial charge in [0.15, 0.2) is 0 Å². The predicted molar refractivity (Wildman–Crippen MR) is 141 cm³/mol. The van der Waals surface area contributed by atoms with Crippen LogP contribution >= 0.6 is 11.6 Å². The number of benzene rings is 2. The third-order valence-electron chi connectivity index (χ3n) is 5.97. The minimum absolute atomic E-state index is 0.0699. The molecule has 7 nitrogen and oxygen atoms in total. The molecule has 3 rings (SSSR count). The summed E-state index contributed by atoms with van der Waals surface area (Å²) in [6.45, 7) is 7.96. The van der Waals surface area contributed by atoms with Crippen molar-refractivity contribution < 1.29 is 14.3 Å². The number of para-hydroxylation sites is 1. The second-order valence-corrected chi connectivity index (χ2v) is 8.92. The van der Waals surface area contributed by atoms with Crippen molar-refractivity contribution in [2.24, 2.45) is 0 Å². The van der Waals surface area contributed by atoms with Gasteiger partial charge in [-0.25, -0.2) is 4.79 Å². The number of hydrogen-bond acceptors (Lipinski definition) is 5. The summed E-state index contributed by atoms with van der Waals surface area (Å²) in [4.78, 5) is 29.9. The molecule has 0 bridgehead atoms. The van der Waals surface area contributed by atoms with Crippen molar-refractivity contribution >= 4 is 29.3 Å². The van der Waals surface area contributed by atoms with Crippen LogP contribution in [0.3, 0.4) is 0 Å². The van der Waals surface area contributed by atoms with E-state index in [2.05, 4.69) is 22.1 Å². The Hall–Kier alpha value is -3.03. The van der Waals surface area contributed by atoms with Gasteiger partial charge in [0.05, 0.1) is 10.7 Å². The summed E-state index contributed by atoms with van der Waals surface area (Å²) < 4.78 is 5.38. The molecule has 1 heterocycles. The zero-order chi connectivity index (χ0) is 24.9. The maximum absolute atomic E-state index is 13.4. The Kier molecular flexibility index (Phi) is 10.9. The number of nitrogens with zero attached hydrogens (tertiary/aromatic N) is 2. The highest BCUT2D eigenvalue weighted by molar-refractivity contribution is 6.33. The van der Waals surface area contributed by atoms with E-state index in [0.29, 0.717) is 37.6 Å². The van der Waals surface area contributed by atoms with Gasteiger partial charge in [-0.05, 0) is 43.5 Å². The molecule has 2 aromatic carbocycles. The van der Waals surface area contributed by atoms with E-state index in [0.717, 1.165) is 37.2 Å². The molecule has 1 atom stereocenters. The number of piperazine rings is 1. The Morgan fingerprint density at radius 3 is 2.46 bits per heavy atom. The van der Waals surface area contributed by atoms with Crippen molar-refractivity contribution in [3.8, 4) is 0 Å². The lowest BCUT2D eigenvalue weighted by Gasteiger charge is -2.38. The Balaban J connectivity index is 1.54. The lowest BCUT2D eigenvalue weighted by atomic mass is 10.1. The maximum atomic E-state index is 13.4. The molecule has 2 aromatic rings. The molecular formula is C27H35ClN4O3. The first-order valence-corrected chi connectivity index (χ1v) is 12.5. The highest BCUT2D eigenvalue weighted by Crippen LogP contribution is 2.26. The maximum Gasteiger partial charge on any atom is 0.408 e. The van der Waals surface area contributed by atoms with Crippen molar-refractivity contribution in [1.29, 1.82) is 0 Å². The molecule has 0 aromatic heterocycles. The molecular weight excluding hydrogens is 464 g/mol. The number of rotatable bonds is 12. The van der Waals surface area contributed by atoms with Crippen LogP contribution in [0.4, 0.5) is 10.5 Å². The van der Waals surface area contributed by atoms with Crippen LogP contribution in [0, 0.1) is 0 Å². The van der Waals surface area contributed by atoms with Crippen LogP contribution in [0.1, 0.15) is 24.8 Å². The minimum Gasteiger partial charge on any atom is -0.445 e. The fourth-order valence-electron chi connectivity index (χ4n) is 4.06. The Morgan fingerprint density at radius 2 is 1.74 bits per heavy atom. The van der Waals surface area contributed by atoms with Crippen LogP contribution in [0.5, 0.6) is 0 Å². The van der Waals surface area contributed by atoms with Gasteiger partial charge in [0.1, 0.15) is 12.6 Å². The zero-order valence-corrected chi connectivity index (χ0v) is 20.9. The van der Waals surface area contributed by atoms with Crippen molar-refractivity contribution in [3.05, 3.63) is 77.8 Å². The summed E-state index contributed by atoms with van der Waals surface area (Å²) in [6.07, 6.45) is 3.50. The van der Waals surface area contributed by atoms with E-state index in [1.54, 1.807) is 0 Å². The number of unbranched alkanes of at least 4 members (excludes halogenated alkanes) is 1. The average Bonchev–Trinajstić information content (AvgIpc) is 2.89. The molecule has 0 saturated carbocycles.